The van der Waals surface area contributed by atoms with Crippen molar-refractivity contribution >= 4 is 11.9 Å². The normalized spacial score (nSPS) is 42.4. The second kappa shape index (κ2) is 3.57. The summed E-state index contributed by atoms with van der Waals surface area (Å²) in [5, 5.41) is 9.29. The molecule has 5 atom stereocenters. The summed E-state index contributed by atoms with van der Waals surface area (Å²) < 4.78 is 5.80. The summed E-state index contributed by atoms with van der Waals surface area (Å²) in [5.74, 6) is -2.27. The quantitative estimate of drug-likeness (QED) is 0.748. The van der Waals surface area contributed by atoms with Gasteiger partial charge >= 0.3 is 5.97 Å². The van der Waals surface area contributed by atoms with Crippen LogP contribution in [-0.4, -0.2) is 46.2 Å². The van der Waals surface area contributed by atoms with E-state index in [-0.39, 0.29) is 11.9 Å². The Balaban J connectivity index is 1.97. The van der Waals surface area contributed by atoms with Gasteiger partial charge in [-0.2, -0.15) is 0 Å². The summed E-state index contributed by atoms with van der Waals surface area (Å²) in [6, 6.07) is 0.128. The highest BCUT2D eigenvalue weighted by atomic mass is 16.5. The molecule has 2 fully saturated rings. The minimum atomic E-state index is -0.935. The number of rotatable bonds is 3. The van der Waals surface area contributed by atoms with Gasteiger partial charge in [-0.05, 0) is 13.3 Å². The van der Waals surface area contributed by atoms with E-state index in [1.54, 1.807) is 11.0 Å². The number of carboxylic acid groups (broad SMARTS) is 1. The van der Waals surface area contributed by atoms with Gasteiger partial charge in [0.1, 0.15) is 11.5 Å². The molecule has 2 bridgehead atoms. The first-order valence-corrected chi connectivity index (χ1v) is 6.40. The molecule has 0 saturated carbocycles. The van der Waals surface area contributed by atoms with Crippen molar-refractivity contribution in [3.63, 3.8) is 0 Å². The van der Waals surface area contributed by atoms with Crippen LogP contribution in [0.1, 0.15) is 20.3 Å². The van der Waals surface area contributed by atoms with Crippen molar-refractivity contribution in [2.75, 3.05) is 6.54 Å². The average Bonchev–Trinajstić information content (AvgIpc) is 2.96. The zero-order valence-corrected chi connectivity index (χ0v) is 10.5. The maximum absolute atomic E-state index is 12.4. The van der Waals surface area contributed by atoms with E-state index >= 15 is 0 Å². The predicted octanol–water partition coefficient (Wildman–Crippen LogP) is 0.651. The molecule has 2 saturated heterocycles. The number of amides is 1. The smallest absolute Gasteiger partial charge is 0.310 e. The minimum absolute atomic E-state index is 0.0661. The number of ether oxygens (including phenoxy) is 1. The Morgan fingerprint density at radius 1 is 1.72 bits per heavy atom. The molecule has 1 amide bonds. The Morgan fingerprint density at radius 2 is 2.44 bits per heavy atom. The summed E-state index contributed by atoms with van der Waals surface area (Å²) in [5.41, 5.74) is -0.686. The molecule has 1 N–H and O–H groups in total. The van der Waals surface area contributed by atoms with Crippen LogP contribution in [0.5, 0.6) is 0 Å². The van der Waals surface area contributed by atoms with Gasteiger partial charge in [0.25, 0.3) is 0 Å². The zero-order chi connectivity index (χ0) is 13.1. The van der Waals surface area contributed by atoms with E-state index in [0.717, 1.165) is 6.42 Å². The van der Waals surface area contributed by atoms with Crippen LogP contribution in [0.2, 0.25) is 0 Å². The molecule has 3 heterocycles. The van der Waals surface area contributed by atoms with Gasteiger partial charge in [0.05, 0.1) is 18.6 Å². The fourth-order valence-corrected chi connectivity index (χ4v) is 3.40. The fourth-order valence-electron chi connectivity index (χ4n) is 3.40. The van der Waals surface area contributed by atoms with Crippen LogP contribution in [0, 0.1) is 11.8 Å². The van der Waals surface area contributed by atoms with Crippen LogP contribution in [0.4, 0.5) is 0 Å². The van der Waals surface area contributed by atoms with E-state index in [9.17, 15) is 14.7 Å². The molecule has 98 valence electrons. The zero-order valence-electron chi connectivity index (χ0n) is 10.5. The maximum Gasteiger partial charge on any atom is 0.310 e. The van der Waals surface area contributed by atoms with Crippen molar-refractivity contribution in [3.05, 3.63) is 12.2 Å². The highest BCUT2D eigenvalue weighted by Crippen LogP contribution is 2.52. The summed E-state index contributed by atoms with van der Waals surface area (Å²) in [7, 11) is 0. The first-order valence-electron chi connectivity index (χ1n) is 6.40. The van der Waals surface area contributed by atoms with Gasteiger partial charge in [-0.25, -0.2) is 0 Å². The van der Waals surface area contributed by atoms with Gasteiger partial charge in [0.15, 0.2) is 0 Å². The van der Waals surface area contributed by atoms with Crippen molar-refractivity contribution in [1.82, 2.24) is 4.90 Å². The Hall–Kier alpha value is -1.36. The second-order valence-corrected chi connectivity index (χ2v) is 5.46. The Bertz CT molecular complexity index is 446. The molecule has 0 aromatic carbocycles. The molecule has 5 nitrogen and oxygen atoms in total. The molecule has 3 rings (SSSR count). The van der Waals surface area contributed by atoms with Gasteiger partial charge in [-0.3, -0.25) is 9.59 Å². The van der Waals surface area contributed by atoms with Gasteiger partial charge < -0.3 is 14.7 Å². The molecule has 18 heavy (non-hydrogen) atoms. The molecule has 5 heteroatoms. The first-order chi connectivity index (χ1) is 8.50. The van der Waals surface area contributed by atoms with E-state index < -0.39 is 29.5 Å². The second-order valence-electron chi connectivity index (χ2n) is 5.46. The lowest BCUT2D eigenvalue weighted by Crippen LogP contribution is -2.40. The standard InChI is InChI=1S/C13H17NO4/c1-3-7(2)14-6-13-5-4-8(18-13)9(12(16)17)10(13)11(14)15/h4-5,7-10H,3,6H2,1-2H3,(H,16,17)/t7-,8+,9-,10+,13-/m1/s1. The third-order valence-electron chi connectivity index (χ3n) is 4.54. The lowest BCUT2D eigenvalue weighted by molar-refractivity contribution is -0.148. The SMILES string of the molecule is CC[C@@H](C)N1C[C@@]23C=C[C@H](O2)[C@@H](C(=O)O)[C@H]3C1=O. The molecule has 0 aromatic heterocycles. The van der Waals surface area contributed by atoms with Crippen molar-refractivity contribution in [3.8, 4) is 0 Å². The highest BCUT2D eigenvalue weighted by Gasteiger charge is 2.67. The first kappa shape index (κ1) is 11.7. The third kappa shape index (κ3) is 1.25. The minimum Gasteiger partial charge on any atom is -0.481 e. The van der Waals surface area contributed by atoms with Crippen LogP contribution in [0.25, 0.3) is 0 Å². The fraction of sp³-hybridized carbons (Fsp3) is 0.692. The Morgan fingerprint density at radius 3 is 3.06 bits per heavy atom. The number of nitrogens with zero attached hydrogens (tertiary/aromatic N) is 1. The van der Waals surface area contributed by atoms with Gasteiger partial charge in [-0.1, -0.05) is 19.1 Å². The van der Waals surface area contributed by atoms with E-state index in [1.165, 1.54) is 0 Å². The number of aliphatic carboxylic acids is 1. The molecule has 0 unspecified atom stereocenters. The van der Waals surface area contributed by atoms with Crippen LogP contribution < -0.4 is 0 Å². The maximum atomic E-state index is 12.4. The number of carbonyl (C=O) groups excluding carboxylic acids is 1. The molecular weight excluding hydrogens is 234 g/mol. The van der Waals surface area contributed by atoms with Crippen molar-refractivity contribution < 1.29 is 19.4 Å². The van der Waals surface area contributed by atoms with Crippen LogP contribution in [0.3, 0.4) is 0 Å². The highest BCUT2D eigenvalue weighted by molar-refractivity contribution is 5.90. The van der Waals surface area contributed by atoms with E-state index in [0.29, 0.717) is 6.54 Å². The van der Waals surface area contributed by atoms with Crippen molar-refractivity contribution in [1.29, 1.82) is 0 Å². The van der Waals surface area contributed by atoms with E-state index in [1.807, 2.05) is 19.9 Å². The summed E-state index contributed by atoms with van der Waals surface area (Å²) in [4.78, 5) is 25.5. The van der Waals surface area contributed by atoms with Crippen LogP contribution in [-0.2, 0) is 14.3 Å². The summed E-state index contributed by atoms with van der Waals surface area (Å²) in [6.07, 6.45) is 4.11. The van der Waals surface area contributed by atoms with Crippen LogP contribution in [0.15, 0.2) is 12.2 Å². The number of fused-ring (bicyclic) bond motifs is 1. The summed E-state index contributed by atoms with van der Waals surface area (Å²) >= 11 is 0. The number of carboxylic acids is 1. The Labute approximate surface area is 105 Å². The van der Waals surface area contributed by atoms with Gasteiger partial charge in [-0.15, -0.1) is 0 Å². The van der Waals surface area contributed by atoms with Gasteiger partial charge in [0, 0.05) is 6.04 Å². The largest absolute Gasteiger partial charge is 0.481 e. The number of hydrogen-bond acceptors (Lipinski definition) is 3. The monoisotopic (exact) mass is 251 g/mol. The van der Waals surface area contributed by atoms with Crippen LogP contribution >= 0.6 is 0 Å². The molecule has 3 aliphatic rings. The van der Waals surface area contributed by atoms with Crippen molar-refractivity contribution in [2.45, 2.75) is 38.0 Å². The van der Waals surface area contributed by atoms with E-state index in [4.69, 9.17) is 4.74 Å². The third-order valence-corrected chi connectivity index (χ3v) is 4.54. The summed E-state index contributed by atoms with van der Waals surface area (Å²) in [6.45, 7) is 4.50. The average molecular weight is 251 g/mol. The molecule has 0 aromatic rings. The topological polar surface area (TPSA) is 66.8 Å². The Kier molecular flexibility index (Phi) is 2.32. The lowest BCUT2D eigenvalue weighted by Gasteiger charge is -2.26. The molecule has 0 radical (unpaired) electrons. The van der Waals surface area contributed by atoms with Crippen molar-refractivity contribution in [2.24, 2.45) is 11.8 Å². The number of carbonyl (C=O) groups is 2. The molecule has 3 aliphatic heterocycles. The van der Waals surface area contributed by atoms with Gasteiger partial charge in [0.2, 0.25) is 5.91 Å². The molecular formula is C13H17NO4. The van der Waals surface area contributed by atoms with E-state index in [2.05, 4.69) is 0 Å². The molecule has 0 aliphatic carbocycles. The number of likely N-dealkylation sites (tertiary alicyclic amines) is 1. The predicted molar refractivity (Wildman–Crippen MR) is 62.8 cm³/mol. The lowest BCUT2D eigenvalue weighted by atomic mass is 9.77. The molecule has 1 spiro atoms. The number of hydrogen-bond donors (Lipinski definition) is 1.